The summed E-state index contributed by atoms with van der Waals surface area (Å²) in [6.07, 6.45) is 1.57. The van der Waals surface area contributed by atoms with E-state index >= 15 is 0 Å². The van der Waals surface area contributed by atoms with Crippen LogP contribution in [0.2, 0.25) is 0 Å². The third-order valence-corrected chi connectivity index (χ3v) is 2.85. The maximum atomic E-state index is 10.4. The van der Waals surface area contributed by atoms with Crippen LogP contribution in [0.3, 0.4) is 0 Å². The van der Waals surface area contributed by atoms with E-state index in [0.29, 0.717) is 6.42 Å². The number of aryl methyl sites for hydroxylation is 1. The van der Waals surface area contributed by atoms with Crippen molar-refractivity contribution in [3.05, 3.63) is 35.4 Å². The molecule has 0 aromatic heterocycles. The van der Waals surface area contributed by atoms with Crippen molar-refractivity contribution in [3.8, 4) is 0 Å². The second kappa shape index (κ2) is 5.01. The first-order valence-corrected chi connectivity index (χ1v) is 4.98. The topological polar surface area (TPSA) is 84.6 Å². The quantitative estimate of drug-likeness (QED) is 0.423. The van der Waals surface area contributed by atoms with Crippen molar-refractivity contribution < 1.29 is 5.11 Å². The summed E-state index contributed by atoms with van der Waals surface area (Å²) in [4.78, 5) is 3.90. The maximum absolute atomic E-state index is 10.4. The van der Waals surface area contributed by atoms with Crippen LogP contribution in [0.25, 0.3) is 0 Å². The SMILES string of the molecule is I.NC(N)=NCC1(O)CCc2ccccc21. The lowest BCUT2D eigenvalue weighted by molar-refractivity contribution is 0.0486. The maximum Gasteiger partial charge on any atom is 0.186 e. The summed E-state index contributed by atoms with van der Waals surface area (Å²) in [5.41, 5.74) is 11.8. The summed E-state index contributed by atoms with van der Waals surface area (Å²) in [5.74, 6) is 0.0211. The summed E-state index contributed by atoms with van der Waals surface area (Å²) in [6, 6.07) is 7.86. The van der Waals surface area contributed by atoms with Crippen molar-refractivity contribution in [3.63, 3.8) is 0 Å². The Kier molecular flexibility index (Phi) is 4.15. The van der Waals surface area contributed by atoms with E-state index in [-0.39, 0.29) is 36.5 Å². The molecule has 1 unspecified atom stereocenters. The van der Waals surface area contributed by atoms with Crippen LogP contribution >= 0.6 is 24.0 Å². The second-order valence-electron chi connectivity index (χ2n) is 3.93. The van der Waals surface area contributed by atoms with E-state index in [1.807, 2.05) is 24.3 Å². The van der Waals surface area contributed by atoms with Gasteiger partial charge in [-0.25, -0.2) is 0 Å². The van der Waals surface area contributed by atoms with Gasteiger partial charge < -0.3 is 16.6 Å². The Hall–Kier alpha value is -0.820. The highest BCUT2D eigenvalue weighted by atomic mass is 127. The molecule has 0 saturated heterocycles. The largest absolute Gasteiger partial charge is 0.383 e. The molecule has 16 heavy (non-hydrogen) atoms. The number of aliphatic hydroxyl groups is 1. The summed E-state index contributed by atoms with van der Waals surface area (Å²) in [6.45, 7) is 0.242. The fourth-order valence-corrected chi connectivity index (χ4v) is 2.05. The molecule has 5 N–H and O–H groups in total. The molecule has 0 bridgehead atoms. The van der Waals surface area contributed by atoms with Gasteiger partial charge in [0.2, 0.25) is 0 Å². The van der Waals surface area contributed by atoms with E-state index in [4.69, 9.17) is 11.5 Å². The fourth-order valence-electron chi connectivity index (χ4n) is 2.05. The molecular weight excluding hydrogens is 317 g/mol. The zero-order valence-electron chi connectivity index (χ0n) is 8.89. The van der Waals surface area contributed by atoms with Gasteiger partial charge in [-0.2, -0.15) is 0 Å². The molecule has 0 spiro atoms. The molecule has 1 aliphatic rings. The molecule has 1 aromatic carbocycles. The lowest BCUT2D eigenvalue weighted by Gasteiger charge is -2.21. The molecule has 1 atom stereocenters. The van der Waals surface area contributed by atoms with E-state index < -0.39 is 5.60 Å². The van der Waals surface area contributed by atoms with Crippen LogP contribution < -0.4 is 11.5 Å². The predicted octanol–water partition coefficient (Wildman–Crippen LogP) is 0.712. The normalized spacial score (nSPS) is 22.1. The Morgan fingerprint density at radius 1 is 1.38 bits per heavy atom. The average molecular weight is 333 g/mol. The smallest absolute Gasteiger partial charge is 0.186 e. The summed E-state index contributed by atoms with van der Waals surface area (Å²) in [5, 5.41) is 10.4. The summed E-state index contributed by atoms with van der Waals surface area (Å²) < 4.78 is 0. The van der Waals surface area contributed by atoms with Crippen LogP contribution in [0, 0.1) is 0 Å². The number of hydrogen-bond acceptors (Lipinski definition) is 2. The van der Waals surface area contributed by atoms with Crippen LogP contribution in [0.4, 0.5) is 0 Å². The molecule has 0 saturated carbocycles. The van der Waals surface area contributed by atoms with E-state index in [9.17, 15) is 5.11 Å². The molecule has 5 heteroatoms. The van der Waals surface area contributed by atoms with Gasteiger partial charge in [0, 0.05) is 0 Å². The molecule has 0 aliphatic heterocycles. The van der Waals surface area contributed by atoms with Crippen LogP contribution in [0.5, 0.6) is 0 Å². The first-order chi connectivity index (χ1) is 7.12. The molecule has 0 heterocycles. The van der Waals surface area contributed by atoms with Gasteiger partial charge in [-0.15, -0.1) is 24.0 Å². The number of aliphatic imine (C=N–C) groups is 1. The number of guanidine groups is 1. The van der Waals surface area contributed by atoms with Crippen LogP contribution in [-0.4, -0.2) is 17.6 Å². The van der Waals surface area contributed by atoms with E-state index in [2.05, 4.69) is 4.99 Å². The van der Waals surface area contributed by atoms with Gasteiger partial charge in [0.15, 0.2) is 5.96 Å². The third-order valence-electron chi connectivity index (χ3n) is 2.85. The van der Waals surface area contributed by atoms with E-state index in [1.165, 1.54) is 5.56 Å². The molecule has 0 radical (unpaired) electrons. The molecule has 2 rings (SSSR count). The Labute approximate surface area is 112 Å². The molecule has 1 aromatic rings. The highest BCUT2D eigenvalue weighted by Crippen LogP contribution is 2.36. The zero-order valence-corrected chi connectivity index (χ0v) is 11.2. The van der Waals surface area contributed by atoms with Crippen molar-refractivity contribution in [2.45, 2.75) is 18.4 Å². The molecular formula is C11H16IN3O. The fraction of sp³-hybridized carbons (Fsp3) is 0.364. The highest BCUT2D eigenvalue weighted by Gasteiger charge is 2.35. The lowest BCUT2D eigenvalue weighted by atomic mass is 9.96. The van der Waals surface area contributed by atoms with Crippen molar-refractivity contribution in [2.75, 3.05) is 6.54 Å². The minimum atomic E-state index is -0.888. The van der Waals surface area contributed by atoms with Crippen molar-refractivity contribution in [2.24, 2.45) is 16.5 Å². The Balaban J connectivity index is 0.00000128. The highest BCUT2D eigenvalue weighted by molar-refractivity contribution is 14.0. The molecule has 0 fully saturated rings. The van der Waals surface area contributed by atoms with Crippen LogP contribution in [0.15, 0.2) is 29.3 Å². The van der Waals surface area contributed by atoms with Crippen molar-refractivity contribution in [1.29, 1.82) is 0 Å². The van der Waals surface area contributed by atoms with Gasteiger partial charge in [0.05, 0.1) is 6.54 Å². The van der Waals surface area contributed by atoms with E-state index in [0.717, 1.165) is 12.0 Å². The van der Waals surface area contributed by atoms with Gasteiger partial charge in [-0.1, -0.05) is 24.3 Å². The molecule has 4 nitrogen and oxygen atoms in total. The Bertz CT molecular complexity index is 404. The number of benzene rings is 1. The zero-order chi connectivity index (χ0) is 10.9. The standard InChI is InChI=1S/C11H15N3O.HI/c12-10(13)14-7-11(15)6-5-8-3-1-2-4-9(8)11;/h1-4,15H,5-7H2,(H4,12,13,14);1H. The van der Waals surface area contributed by atoms with E-state index in [1.54, 1.807) is 0 Å². The predicted molar refractivity (Wildman–Crippen MR) is 74.8 cm³/mol. The molecule has 0 amide bonds. The number of fused-ring (bicyclic) bond motifs is 1. The number of nitrogens with two attached hydrogens (primary N) is 2. The molecule has 1 aliphatic carbocycles. The summed E-state index contributed by atoms with van der Waals surface area (Å²) in [7, 11) is 0. The van der Waals surface area contributed by atoms with Crippen molar-refractivity contribution in [1.82, 2.24) is 0 Å². The Morgan fingerprint density at radius 3 is 2.75 bits per heavy atom. The minimum absolute atomic E-state index is 0. The number of rotatable bonds is 2. The lowest BCUT2D eigenvalue weighted by Crippen LogP contribution is -2.30. The number of halogens is 1. The third kappa shape index (κ3) is 2.46. The van der Waals surface area contributed by atoms with Gasteiger partial charge >= 0.3 is 0 Å². The van der Waals surface area contributed by atoms with Gasteiger partial charge in [-0.3, -0.25) is 4.99 Å². The van der Waals surface area contributed by atoms with Crippen LogP contribution in [0.1, 0.15) is 17.5 Å². The van der Waals surface area contributed by atoms with Crippen molar-refractivity contribution >= 4 is 29.9 Å². The minimum Gasteiger partial charge on any atom is -0.383 e. The Morgan fingerprint density at radius 2 is 2.06 bits per heavy atom. The van der Waals surface area contributed by atoms with Gasteiger partial charge in [-0.05, 0) is 24.0 Å². The first-order valence-electron chi connectivity index (χ1n) is 4.98. The van der Waals surface area contributed by atoms with Gasteiger partial charge in [0.25, 0.3) is 0 Å². The number of nitrogens with zero attached hydrogens (tertiary/aromatic N) is 1. The summed E-state index contributed by atoms with van der Waals surface area (Å²) >= 11 is 0. The average Bonchev–Trinajstić information content (AvgIpc) is 2.56. The monoisotopic (exact) mass is 333 g/mol. The molecule has 88 valence electrons. The second-order valence-corrected chi connectivity index (χ2v) is 3.93. The first kappa shape index (κ1) is 13.2. The van der Waals surface area contributed by atoms with Crippen LogP contribution in [-0.2, 0) is 12.0 Å². The van der Waals surface area contributed by atoms with Gasteiger partial charge in [0.1, 0.15) is 5.60 Å². The number of hydrogen-bond donors (Lipinski definition) is 3.